The van der Waals surface area contributed by atoms with Crippen LogP contribution in [0.2, 0.25) is 0 Å². The highest BCUT2D eigenvalue weighted by molar-refractivity contribution is 6.12. The summed E-state index contributed by atoms with van der Waals surface area (Å²) in [7, 11) is 1.64. The number of hydrogen-bond donors (Lipinski definition) is 2. The maximum atomic E-state index is 13.4. The van der Waals surface area contributed by atoms with Crippen molar-refractivity contribution >= 4 is 41.4 Å². The predicted octanol–water partition coefficient (Wildman–Crippen LogP) is -0.266. The number of amides is 6. The third-order valence-electron chi connectivity index (χ3n) is 15.2. The summed E-state index contributed by atoms with van der Waals surface area (Å²) >= 11 is 0. The van der Waals surface area contributed by atoms with Gasteiger partial charge in [-0.3, -0.25) is 33.7 Å². The molecule has 36 nitrogen and oxygen atoms in total. The van der Waals surface area contributed by atoms with Crippen molar-refractivity contribution < 1.29 is 152 Å². The third kappa shape index (κ3) is 56.7. The molecule has 1 saturated heterocycles. The van der Waals surface area contributed by atoms with E-state index >= 15 is 0 Å². The lowest BCUT2D eigenvalue weighted by Crippen LogP contribution is -2.50. The number of methoxy groups -OCH3 is 1. The van der Waals surface area contributed by atoms with Gasteiger partial charge in [-0.25, -0.2) is 4.79 Å². The molecule has 3 rings (SSSR count). The molecule has 1 saturated carbocycles. The summed E-state index contributed by atoms with van der Waals surface area (Å²) in [4.78, 5) is 93.2. The molecule has 0 aromatic heterocycles. The smallest absolute Gasteiger partial charge is 0.333 e. The number of ether oxygens (including phenoxy) is 24. The van der Waals surface area contributed by atoms with E-state index in [9.17, 15) is 33.6 Å². The molecule has 0 radical (unpaired) electrons. The molecule has 616 valence electrons. The zero-order chi connectivity index (χ0) is 75.7. The average molecular weight is 1530 g/mol. The Morgan fingerprint density at radius 3 is 0.858 bits per heavy atom. The quantitative estimate of drug-likeness (QED) is 0.0585. The molecule has 1 unspecified atom stereocenters. The average Bonchev–Trinajstić information content (AvgIpc) is 1.62. The van der Waals surface area contributed by atoms with Gasteiger partial charge in [-0.15, -0.1) is 5.06 Å². The van der Waals surface area contributed by atoms with Crippen LogP contribution in [0, 0.1) is 11.8 Å². The molecule has 2 heterocycles. The van der Waals surface area contributed by atoms with Crippen molar-refractivity contribution in [3.63, 3.8) is 0 Å². The summed E-state index contributed by atoms with van der Waals surface area (Å²) in [6.07, 6.45) is 3.99. The molecule has 3 aliphatic rings. The lowest BCUT2D eigenvalue weighted by atomic mass is 9.81. The van der Waals surface area contributed by atoms with E-state index in [1.54, 1.807) is 7.11 Å². The molecule has 0 spiro atoms. The lowest BCUT2D eigenvalue weighted by Gasteiger charge is -2.30. The van der Waals surface area contributed by atoms with E-state index in [4.69, 9.17) is 119 Å². The fourth-order valence-electron chi connectivity index (χ4n) is 9.55. The van der Waals surface area contributed by atoms with Crippen molar-refractivity contribution in [2.75, 3.05) is 331 Å². The Morgan fingerprint density at radius 1 is 0.358 bits per heavy atom. The first kappa shape index (κ1) is 95.7. The fraction of sp³-hybridized carbons (Fsp3) is 0.871. The largest absolute Gasteiger partial charge is 0.382 e. The van der Waals surface area contributed by atoms with Crippen LogP contribution in [0.4, 0.5) is 0 Å². The molecule has 6 amide bonds. The summed E-state index contributed by atoms with van der Waals surface area (Å²) in [5.74, 6) is -4.18. The van der Waals surface area contributed by atoms with Crippen LogP contribution >= 0.6 is 0 Å². The number of carbonyl (C=O) groups is 7. The van der Waals surface area contributed by atoms with Gasteiger partial charge in [0.15, 0.2) is 0 Å². The number of hydroxylamine groups is 2. The van der Waals surface area contributed by atoms with Crippen LogP contribution in [0.5, 0.6) is 0 Å². The van der Waals surface area contributed by atoms with E-state index in [2.05, 4.69) is 10.6 Å². The van der Waals surface area contributed by atoms with Crippen LogP contribution in [0.3, 0.4) is 0 Å². The maximum Gasteiger partial charge on any atom is 0.333 e. The van der Waals surface area contributed by atoms with E-state index in [1.807, 2.05) is 0 Å². The van der Waals surface area contributed by atoms with Gasteiger partial charge in [0.1, 0.15) is 6.04 Å². The summed E-state index contributed by atoms with van der Waals surface area (Å²) in [5.41, 5.74) is 0. The summed E-state index contributed by atoms with van der Waals surface area (Å²) in [6.45, 7) is 21.6. The Kier molecular flexibility index (Phi) is 65.0. The van der Waals surface area contributed by atoms with Crippen molar-refractivity contribution in [1.29, 1.82) is 0 Å². The highest BCUT2D eigenvalue weighted by Gasteiger charge is 2.35. The van der Waals surface area contributed by atoms with Gasteiger partial charge in [0.25, 0.3) is 23.6 Å². The number of nitrogens with one attached hydrogen (secondary N) is 2. The highest BCUT2D eigenvalue weighted by atomic mass is 16.7. The lowest BCUT2D eigenvalue weighted by molar-refractivity contribution is -0.197. The first-order valence-corrected chi connectivity index (χ1v) is 37.1. The Morgan fingerprint density at radius 2 is 0.604 bits per heavy atom. The Bertz CT molecular complexity index is 2140. The second-order valence-corrected chi connectivity index (χ2v) is 23.4. The minimum atomic E-state index is -1.13. The normalized spacial score (nSPS) is 15.6. The van der Waals surface area contributed by atoms with Gasteiger partial charge in [-0.2, -0.15) is 0 Å². The van der Waals surface area contributed by atoms with Crippen molar-refractivity contribution in [2.24, 2.45) is 11.8 Å². The molecule has 0 aromatic carbocycles. The van der Waals surface area contributed by atoms with Crippen molar-refractivity contribution in [2.45, 2.75) is 57.4 Å². The summed E-state index contributed by atoms with van der Waals surface area (Å²) in [6, 6.07) is -1.13. The molecule has 2 fully saturated rings. The third-order valence-corrected chi connectivity index (χ3v) is 15.2. The number of carbonyl (C=O) groups excluding carboxylic acids is 7. The first-order valence-electron chi connectivity index (χ1n) is 37.1. The Labute approximate surface area is 624 Å². The van der Waals surface area contributed by atoms with Gasteiger partial charge in [0, 0.05) is 51.1 Å². The Hall–Kier alpha value is -4.53. The second-order valence-electron chi connectivity index (χ2n) is 23.4. The van der Waals surface area contributed by atoms with Crippen LogP contribution in [0.15, 0.2) is 12.2 Å². The van der Waals surface area contributed by atoms with Crippen LogP contribution in [-0.2, 0) is 152 Å². The molecule has 106 heavy (non-hydrogen) atoms. The summed E-state index contributed by atoms with van der Waals surface area (Å²) < 4.78 is 132. The molecule has 0 aromatic rings. The molecule has 0 bridgehead atoms. The fourth-order valence-corrected chi connectivity index (χ4v) is 9.55. The number of rotatable bonds is 81. The SMILES string of the molecule is COCCOCCOCCOCCOCCOCCOCCOCCOCCOCCOCCOCCOCCOCCOCCOCCOCCOCCOCCOCCOCCOCCOCCOCCNC(=O)C(CCC(=O)ON1C(=O)CCC1=O)NC(=O)C1CCC(CN2C(=O)C=CC2=O)CC1. The van der Waals surface area contributed by atoms with Gasteiger partial charge in [0.05, 0.1) is 317 Å². The van der Waals surface area contributed by atoms with E-state index in [0.29, 0.717) is 321 Å². The molecular formula is C70H124N4O32. The molecule has 1 atom stereocenters. The standard InChI is InChI=1S/C70H124N4O32/c1-82-14-15-84-18-19-86-22-23-88-26-27-90-30-31-92-34-35-94-38-39-96-42-43-98-46-47-100-50-51-102-54-55-104-58-59-105-57-56-103-53-52-101-49-48-99-45-44-97-41-40-95-37-36-93-33-32-91-29-28-89-25-24-87-21-20-85-17-16-83-13-12-71-70(81)63(6-11-68(79)106-74-66(77)9-10-67(74)78)72-69(80)62-4-2-61(3-5-62)60-73-64(75)7-8-65(73)76/h7-8,61-63H,2-6,9-60H2,1H3,(H,71,81)(H,72,80). The van der Waals surface area contributed by atoms with Crippen LogP contribution in [0.25, 0.3) is 0 Å². The van der Waals surface area contributed by atoms with Gasteiger partial charge < -0.3 is 129 Å². The number of imide groups is 2. The predicted molar refractivity (Wildman–Crippen MR) is 373 cm³/mol. The zero-order valence-electron chi connectivity index (χ0n) is 62.7. The zero-order valence-corrected chi connectivity index (χ0v) is 62.7. The molecule has 36 heteroatoms. The first-order chi connectivity index (χ1) is 52.2. The highest BCUT2D eigenvalue weighted by Crippen LogP contribution is 2.30. The topological polar surface area (TPSA) is 381 Å². The number of nitrogens with zero attached hydrogens (tertiary/aromatic N) is 2. The molecule has 2 aliphatic heterocycles. The minimum absolute atomic E-state index is 0.0448. The van der Waals surface area contributed by atoms with E-state index < -0.39 is 35.7 Å². The van der Waals surface area contributed by atoms with Crippen LogP contribution in [0.1, 0.15) is 51.4 Å². The molecule has 1 aliphatic carbocycles. The van der Waals surface area contributed by atoms with Crippen molar-refractivity contribution in [3.05, 3.63) is 12.2 Å². The molecular weight excluding hydrogens is 1410 g/mol. The maximum absolute atomic E-state index is 13.4. The van der Waals surface area contributed by atoms with Gasteiger partial charge >= 0.3 is 5.97 Å². The van der Waals surface area contributed by atoms with Gasteiger partial charge in [-0.05, 0) is 38.0 Å². The summed E-state index contributed by atoms with van der Waals surface area (Å²) in [5, 5.41) is 5.89. The number of hydrogen-bond acceptors (Lipinski definition) is 32. The van der Waals surface area contributed by atoms with Crippen LogP contribution in [-0.4, -0.2) is 388 Å². The Balaban J connectivity index is 0.924. The second kappa shape index (κ2) is 72.0. The monoisotopic (exact) mass is 1530 g/mol. The minimum Gasteiger partial charge on any atom is -0.382 e. The van der Waals surface area contributed by atoms with Gasteiger partial charge in [-0.1, -0.05) is 0 Å². The van der Waals surface area contributed by atoms with Gasteiger partial charge in [0.2, 0.25) is 11.8 Å². The van der Waals surface area contributed by atoms with Crippen molar-refractivity contribution in [1.82, 2.24) is 20.6 Å². The van der Waals surface area contributed by atoms with Crippen LogP contribution < -0.4 is 10.6 Å². The van der Waals surface area contributed by atoms with E-state index in [1.165, 1.54) is 17.1 Å². The molecule has 2 N–H and O–H groups in total. The van der Waals surface area contributed by atoms with Crippen molar-refractivity contribution in [3.8, 4) is 0 Å². The van der Waals surface area contributed by atoms with E-state index in [-0.39, 0.29) is 82.2 Å². The van der Waals surface area contributed by atoms with E-state index in [0.717, 1.165) is 0 Å².